The number of benzene rings is 1. The van der Waals surface area contributed by atoms with Gasteiger partial charge in [0, 0.05) is 43.5 Å². The van der Waals surface area contributed by atoms with Crippen molar-refractivity contribution in [3.05, 3.63) is 59.9 Å². The van der Waals surface area contributed by atoms with Crippen LogP contribution in [-0.4, -0.2) is 55.1 Å². The molecule has 164 valence electrons. The van der Waals surface area contributed by atoms with Gasteiger partial charge in [0.1, 0.15) is 5.75 Å². The Morgan fingerprint density at radius 3 is 2.88 bits per heavy atom. The Morgan fingerprint density at radius 2 is 2.06 bits per heavy atom. The lowest BCUT2D eigenvalue weighted by atomic mass is 10.1. The molecule has 0 bridgehead atoms. The first-order chi connectivity index (χ1) is 15.7. The van der Waals surface area contributed by atoms with Crippen LogP contribution in [0.4, 0.5) is 17.3 Å². The average molecular weight is 434 g/mol. The first-order valence-corrected chi connectivity index (χ1v) is 10.3. The van der Waals surface area contributed by atoms with E-state index in [9.17, 15) is 9.59 Å². The molecule has 2 aliphatic heterocycles. The molecular weight excluding hydrogens is 412 g/mol. The predicted octanol–water partition coefficient (Wildman–Crippen LogP) is 1.90. The molecule has 1 saturated heterocycles. The molecule has 2 aromatic heterocycles. The number of hydrogen-bond acceptors (Lipinski definition) is 8. The maximum Gasteiger partial charge on any atom is 0.311 e. The van der Waals surface area contributed by atoms with E-state index in [1.54, 1.807) is 37.7 Å². The predicted molar refractivity (Wildman–Crippen MR) is 117 cm³/mol. The summed E-state index contributed by atoms with van der Waals surface area (Å²) in [6, 6.07) is 7.18. The summed E-state index contributed by atoms with van der Waals surface area (Å²) >= 11 is 0. The molecule has 2 aliphatic rings. The number of nitrogens with one attached hydrogen (secondary N) is 2. The van der Waals surface area contributed by atoms with E-state index in [-0.39, 0.29) is 24.2 Å². The minimum absolute atomic E-state index is 0.133. The second-order valence-electron chi connectivity index (χ2n) is 7.47. The van der Waals surface area contributed by atoms with E-state index in [1.807, 2.05) is 6.07 Å². The van der Waals surface area contributed by atoms with Crippen LogP contribution in [0.1, 0.15) is 26.6 Å². The number of carbonyl (C=O) groups is 2. The number of aromatic nitrogens is 2. The second-order valence-corrected chi connectivity index (χ2v) is 7.47. The molecule has 0 aliphatic carbocycles. The molecule has 4 heterocycles. The topological polar surface area (TPSA) is 113 Å². The van der Waals surface area contributed by atoms with E-state index in [0.717, 1.165) is 37.4 Å². The minimum Gasteiger partial charge on any atom is -0.496 e. The fraction of sp³-hybridized carbons (Fsp3) is 0.273. The Morgan fingerprint density at radius 1 is 1.22 bits per heavy atom. The maximum absolute atomic E-state index is 12.8. The molecule has 0 unspecified atom stereocenters. The third-order valence-corrected chi connectivity index (χ3v) is 5.60. The standard InChI is InChI=1S/C22H22N6O4/c1-31-18-4-2-3-14-15(18)13-28(22(14)30)19-12-25-21(32-19)20(29)26-16-11-24-6-5-17(16)27-9-7-23-8-10-27/h2-6,11-12,23H,7-10,13H2,1H3,(H,26,29). The molecule has 0 saturated carbocycles. The average Bonchev–Trinajstić information content (AvgIpc) is 3.45. The molecule has 5 rings (SSSR count). The number of piperazine rings is 1. The van der Waals surface area contributed by atoms with Gasteiger partial charge in [0.25, 0.3) is 11.8 Å². The van der Waals surface area contributed by atoms with Crippen LogP contribution in [0.5, 0.6) is 5.75 Å². The molecule has 3 aromatic rings. The number of pyridine rings is 1. The summed E-state index contributed by atoms with van der Waals surface area (Å²) in [6.07, 6.45) is 4.68. The van der Waals surface area contributed by atoms with Crippen LogP contribution in [0, 0.1) is 0 Å². The molecular formula is C22H22N6O4. The van der Waals surface area contributed by atoms with Gasteiger partial charge >= 0.3 is 5.91 Å². The van der Waals surface area contributed by atoms with Gasteiger partial charge in [-0.3, -0.25) is 19.5 Å². The van der Waals surface area contributed by atoms with Crippen molar-refractivity contribution in [1.29, 1.82) is 0 Å². The first-order valence-electron chi connectivity index (χ1n) is 10.3. The van der Waals surface area contributed by atoms with Crippen LogP contribution >= 0.6 is 0 Å². The third kappa shape index (κ3) is 3.54. The van der Waals surface area contributed by atoms with E-state index in [1.165, 1.54) is 11.1 Å². The molecule has 0 atom stereocenters. The van der Waals surface area contributed by atoms with Crippen molar-refractivity contribution < 1.29 is 18.7 Å². The molecule has 2 amide bonds. The van der Waals surface area contributed by atoms with Gasteiger partial charge in [-0.15, -0.1) is 0 Å². The second kappa shape index (κ2) is 8.31. The lowest BCUT2D eigenvalue weighted by molar-refractivity contribution is 0.0972. The number of nitrogens with zero attached hydrogens (tertiary/aromatic N) is 4. The highest BCUT2D eigenvalue weighted by Gasteiger charge is 2.33. The fourth-order valence-electron chi connectivity index (χ4n) is 4.01. The summed E-state index contributed by atoms with van der Waals surface area (Å²) in [5.74, 6) is -0.0387. The molecule has 10 nitrogen and oxygen atoms in total. The molecule has 10 heteroatoms. The number of hydrogen-bond donors (Lipinski definition) is 2. The quantitative estimate of drug-likeness (QED) is 0.626. The van der Waals surface area contributed by atoms with E-state index in [0.29, 0.717) is 17.0 Å². The summed E-state index contributed by atoms with van der Waals surface area (Å²) < 4.78 is 11.0. The van der Waals surface area contributed by atoms with Gasteiger partial charge < -0.3 is 24.7 Å². The number of rotatable bonds is 5. The Hall–Kier alpha value is -3.92. The summed E-state index contributed by atoms with van der Waals surface area (Å²) in [5, 5.41) is 6.14. The number of amides is 2. The van der Waals surface area contributed by atoms with Crippen molar-refractivity contribution in [3.63, 3.8) is 0 Å². The highest BCUT2D eigenvalue weighted by Crippen LogP contribution is 2.34. The smallest absolute Gasteiger partial charge is 0.311 e. The van der Waals surface area contributed by atoms with Gasteiger partial charge in [-0.25, -0.2) is 4.98 Å². The van der Waals surface area contributed by atoms with Crippen LogP contribution in [-0.2, 0) is 6.54 Å². The number of carbonyl (C=O) groups excluding carboxylic acids is 2. The Bertz CT molecular complexity index is 1170. The maximum atomic E-state index is 12.8. The van der Waals surface area contributed by atoms with Crippen LogP contribution in [0.2, 0.25) is 0 Å². The summed E-state index contributed by atoms with van der Waals surface area (Å²) in [6.45, 7) is 3.68. The van der Waals surface area contributed by atoms with Crippen molar-refractivity contribution in [2.45, 2.75) is 6.54 Å². The van der Waals surface area contributed by atoms with Crippen molar-refractivity contribution in [1.82, 2.24) is 15.3 Å². The van der Waals surface area contributed by atoms with Gasteiger partial charge in [-0.05, 0) is 18.2 Å². The zero-order chi connectivity index (χ0) is 22.1. The van der Waals surface area contributed by atoms with E-state index in [2.05, 4.69) is 25.5 Å². The molecule has 1 aromatic carbocycles. The lowest BCUT2D eigenvalue weighted by Gasteiger charge is -2.30. The zero-order valence-electron chi connectivity index (χ0n) is 17.5. The summed E-state index contributed by atoms with van der Waals surface area (Å²) in [7, 11) is 1.56. The van der Waals surface area contributed by atoms with E-state index < -0.39 is 5.91 Å². The molecule has 0 spiro atoms. The number of ether oxygens (including phenoxy) is 1. The Balaban J connectivity index is 1.34. The number of methoxy groups -OCH3 is 1. The largest absolute Gasteiger partial charge is 0.496 e. The molecule has 32 heavy (non-hydrogen) atoms. The number of oxazole rings is 1. The van der Waals surface area contributed by atoms with E-state index >= 15 is 0 Å². The van der Waals surface area contributed by atoms with Gasteiger partial charge in [-0.1, -0.05) is 6.07 Å². The lowest BCUT2D eigenvalue weighted by Crippen LogP contribution is -2.43. The minimum atomic E-state index is -0.512. The monoisotopic (exact) mass is 434 g/mol. The SMILES string of the molecule is COc1cccc2c1CN(c1cnc(C(=O)Nc3cnccc3N3CCNCC3)o1)C2=O. The molecule has 2 N–H and O–H groups in total. The van der Waals surface area contributed by atoms with Crippen LogP contribution in [0.25, 0.3) is 0 Å². The normalized spacial score (nSPS) is 15.6. The summed E-state index contributed by atoms with van der Waals surface area (Å²) in [4.78, 5) is 37.5. The van der Waals surface area contributed by atoms with Gasteiger partial charge in [0.05, 0.1) is 37.4 Å². The third-order valence-electron chi connectivity index (χ3n) is 5.60. The highest BCUT2D eigenvalue weighted by molar-refractivity contribution is 6.10. The molecule has 1 fully saturated rings. The first kappa shape index (κ1) is 20.0. The fourth-order valence-corrected chi connectivity index (χ4v) is 4.01. The van der Waals surface area contributed by atoms with E-state index in [4.69, 9.17) is 9.15 Å². The van der Waals surface area contributed by atoms with Crippen molar-refractivity contribution in [2.24, 2.45) is 0 Å². The zero-order valence-corrected chi connectivity index (χ0v) is 17.5. The molecule has 0 radical (unpaired) electrons. The number of anilines is 3. The Labute approximate surface area is 184 Å². The Kier molecular flexibility index (Phi) is 5.20. The summed E-state index contributed by atoms with van der Waals surface area (Å²) in [5.41, 5.74) is 2.79. The van der Waals surface area contributed by atoms with Crippen LogP contribution in [0.3, 0.4) is 0 Å². The van der Waals surface area contributed by atoms with Crippen molar-refractivity contribution in [3.8, 4) is 5.75 Å². The van der Waals surface area contributed by atoms with Gasteiger partial charge in [-0.2, -0.15) is 0 Å². The number of fused-ring (bicyclic) bond motifs is 1. The van der Waals surface area contributed by atoms with Crippen molar-refractivity contribution in [2.75, 3.05) is 48.4 Å². The van der Waals surface area contributed by atoms with Crippen LogP contribution < -0.4 is 25.2 Å². The van der Waals surface area contributed by atoms with Crippen molar-refractivity contribution >= 4 is 29.1 Å². The van der Waals surface area contributed by atoms with Crippen LogP contribution in [0.15, 0.2) is 47.3 Å². The van der Waals surface area contributed by atoms with Gasteiger partial charge in [0.2, 0.25) is 5.88 Å². The highest BCUT2D eigenvalue weighted by atomic mass is 16.5. The van der Waals surface area contributed by atoms with Gasteiger partial charge in [0.15, 0.2) is 0 Å².